The van der Waals surface area contributed by atoms with Crippen molar-refractivity contribution in [3.63, 3.8) is 0 Å². The maximum absolute atomic E-state index is 12.8. The lowest BCUT2D eigenvalue weighted by atomic mass is 10.1. The number of aromatic nitrogens is 3. The molecule has 1 aliphatic heterocycles. The number of pyridine rings is 1. The van der Waals surface area contributed by atoms with E-state index in [1.165, 1.54) is 12.1 Å². The predicted octanol–water partition coefficient (Wildman–Crippen LogP) is 6.04. The summed E-state index contributed by atoms with van der Waals surface area (Å²) in [4.78, 5) is 14.2. The molecule has 2 aromatic carbocycles. The van der Waals surface area contributed by atoms with Crippen molar-refractivity contribution in [1.82, 2.24) is 14.5 Å². The number of nitrogens with zero attached hydrogens (tertiary/aromatic N) is 4. The van der Waals surface area contributed by atoms with Crippen LogP contribution in [0.1, 0.15) is 5.69 Å². The zero-order valence-corrected chi connectivity index (χ0v) is 22.6. The van der Waals surface area contributed by atoms with Gasteiger partial charge in [-0.15, -0.1) is 13.2 Å². The van der Waals surface area contributed by atoms with Crippen LogP contribution < -0.4 is 15.4 Å². The topological polar surface area (TPSA) is 82.8 Å². The summed E-state index contributed by atoms with van der Waals surface area (Å²) in [7, 11) is 3.21. The largest absolute Gasteiger partial charge is 0.573 e. The van der Waals surface area contributed by atoms with Gasteiger partial charge in [-0.1, -0.05) is 12.1 Å². The van der Waals surface area contributed by atoms with Crippen LogP contribution in [0.15, 0.2) is 84.0 Å². The predicted molar refractivity (Wildman–Crippen MR) is 150 cm³/mol. The van der Waals surface area contributed by atoms with Crippen molar-refractivity contribution < 1.29 is 27.4 Å². The van der Waals surface area contributed by atoms with Crippen LogP contribution in [0.25, 0.3) is 28.1 Å². The molecule has 3 aromatic rings. The van der Waals surface area contributed by atoms with Gasteiger partial charge >= 0.3 is 6.36 Å². The van der Waals surface area contributed by atoms with E-state index in [0.717, 1.165) is 16.9 Å². The van der Waals surface area contributed by atoms with Crippen molar-refractivity contribution in [2.45, 2.75) is 19.3 Å². The fourth-order valence-electron chi connectivity index (χ4n) is 4.59. The van der Waals surface area contributed by atoms with Gasteiger partial charge in [-0.05, 0) is 67.6 Å². The van der Waals surface area contributed by atoms with E-state index < -0.39 is 6.36 Å². The molecule has 0 radical (unpaired) electrons. The highest BCUT2D eigenvalue weighted by Crippen LogP contribution is 2.32. The molecule has 0 atom stereocenters. The summed E-state index contributed by atoms with van der Waals surface area (Å²) in [5.41, 5.74) is 5.78. The molecule has 212 valence electrons. The zero-order chi connectivity index (χ0) is 29.0. The standard InChI is InChI=1S/C30H28F3N5O3/c1-19-23(8-6-14-34-19)36-25-15-27-29(16-26(25)35-20(17-39-2)18-40-3)38(28-9-5-4-7-24(28)37-27)21-10-12-22(13-11-21)41-30(31,32)33/h4-16,20,36H,17-18H2,1-3H3. The van der Waals surface area contributed by atoms with Gasteiger partial charge in [0.15, 0.2) is 0 Å². The van der Waals surface area contributed by atoms with Gasteiger partial charge in [0.25, 0.3) is 0 Å². The Bertz CT molecular complexity index is 1680. The minimum absolute atomic E-state index is 0.293. The SMILES string of the molecule is COCC(COC)N=c1cc2n(-c3ccc(OC(F)(F)F)cc3)c3ccccc3nc-2cc1Nc1cccnc1C. The van der Waals surface area contributed by atoms with Crippen LogP contribution >= 0.6 is 0 Å². The second-order valence-electron chi connectivity index (χ2n) is 9.29. The number of fused-ring (bicyclic) bond motifs is 2. The molecule has 1 N–H and O–H groups in total. The molecule has 0 fully saturated rings. The van der Waals surface area contributed by atoms with E-state index in [4.69, 9.17) is 19.5 Å². The van der Waals surface area contributed by atoms with Crippen LogP contribution in [0.2, 0.25) is 0 Å². The number of alkyl halides is 3. The molecule has 1 aromatic heterocycles. The molecule has 5 rings (SSSR count). The number of aryl methyl sites for hydroxylation is 1. The Morgan fingerprint density at radius 2 is 1.66 bits per heavy atom. The highest BCUT2D eigenvalue weighted by Gasteiger charge is 2.31. The van der Waals surface area contributed by atoms with E-state index in [1.807, 2.05) is 60.0 Å². The number of para-hydroxylation sites is 2. The third-order valence-electron chi connectivity index (χ3n) is 6.34. The molecule has 1 aliphatic carbocycles. The lowest BCUT2D eigenvalue weighted by molar-refractivity contribution is -0.274. The van der Waals surface area contributed by atoms with E-state index in [-0.39, 0.29) is 11.8 Å². The molecule has 0 saturated heterocycles. The Morgan fingerprint density at radius 3 is 2.34 bits per heavy atom. The minimum Gasteiger partial charge on any atom is -0.406 e. The number of benzene rings is 3. The summed E-state index contributed by atoms with van der Waals surface area (Å²) in [6.45, 7) is 2.59. The zero-order valence-electron chi connectivity index (χ0n) is 22.6. The molecule has 41 heavy (non-hydrogen) atoms. The average molecular weight is 564 g/mol. The van der Waals surface area contributed by atoms with Crippen molar-refractivity contribution in [2.75, 3.05) is 32.8 Å². The number of ether oxygens (including phenoxy) is 3. The quantitative estimate of drug-likeness (QED) is 0.220. The second kappa shape index (κ2) is 11.9. The maximum Gasteiger partial charge on any atom is 0.573 e. The highest BCUT2D eigenvalue weighted by atomic mass is 19.4. The van der Waals surface area contributed by atoms with E-state index in [0.29, 0.717) is 46.9 Å². The molecule has 8 nitrogen and oxygen atoms in total. The third-order valence-corrected chi connectivity index (χ3v) is 6.34. The van der Waals surface area contributed by atoms with Crippen LogP contribution in [0.3, 0.4) is 0 Å². The Labute approximate surface area is 234 Å². The van der Waals surface area contributed by atoms with Crippen molar-refractivity contribution in [2.24, 2.45) is 4.99 Å². The van der Waals surface area contributed by atoms with Crippen molar-refractivity contribution in [3.05, 3.63) is 90.0 Å². The molecule has 0 unspecified atom stereocenters. The van der Waals surface area contributed by atoms with Gasteiger partial charge in [-0.25, -0.2) is 4.98 Å². The van der Waals surface area contributed by atoms with Crippen LogP contribution in [-0.2, 0) is 9.47 Å². The lowest BCUT2D eigenvalue weighted by Gasteiger charge is -2.21. The van der Waals surface area contributed by atoms with Gasteiger partial charge in [-0.2, -0.15) is 0 Å². The first-order valence-corrected chi connectivity index (χ1v) is 12.8. The number of halogens is 3. The van der Waals surface area contributed by atoms with Gasteiger partial charge in [0.2, 0.25) is 0 Å². The van der Waals surface area contributed by atoms with E-state index in [9.17, 15) is 13.2 Å². The number of anilines is 2. The fourth-order valence-corrected chi connectivity index (χ4v) is 4.59. The fraction of sp³-hybridized carbons (Fsp3) is 0.233. The summed E-state index contributed by atoms with van der Waals surface area (Å²) >= 11 is 0. The number of hydrogen-bond donors (Lipinski definition) is 1. The van der Waals surface area contributed by atoms with Crippen LogP contribution in [0.4, 0.5) is 24.5 Å². The molecule has 2 aliphatic rings. The van der Waals surface area contributed by atoms with Crippen LogP contribution in [0, 0.1) is 6.92 Å². The lowest BCUT2D eigenvalue weighted by Crippen LogP contribution is -2.24. The molecule has 0 spiro atoms. The summed E-state index contributed by atoms with van der Waals surface area (Å²) in [6, 6.07) is 20.6. The van der Waals surface area contributed by atoms with E-state index in [1.54, 1.807) is 32.5 Å². The molecule has 0 saturated carbocycles. The smallest absolute Gasteiger partial charge is 0.406 e. The Hall–Kier alpha value is -4.48. The Morgan fingerprint density at radius 1 is 0.927 bits per heavy atom. The highest BCUT2D eigenvalue weighted by molar-refractivity contribution is 5.84. The first kappa shape index (κ1) is 28.1. The molecule has 0 amide bonds. The molecule has 2 heterocycles. The van der Waals surface area contributed by atoms with Crippen LogP contribution in [-0.4, -0.2) is 54.4 Å². The van der Waals surface area contributed by atoms with Crippen molar-refractivity contribution >= 4 is 22.4 Å². The Kier molecular flexibility index (Phi) is 8.18. The number of hydrogen-bond acceptors (Lipinski definition) is 7. The minimum atomic E-state index is -4.78. The molecule has 11 heteroatoms. The monoisotopic (exact) mass is 563 g/mol. The van der Waals surface area contributed by atoms with Gasteiger partial charge < -0.3 is 24.1 Å². The third kappa shape index (κ3) is 6.47. The normalized spacial score (nSPS) is 12.4. The summed E-state index contributed by atoms with van der Waals surface area (Å²) < 4.78 is 55.1. The van der Waals surface area contributed by atoms with Crippen LogP contribution in [0.5, 0.6) is 5.75 Å². The molecule has 0 bridgehead atoms. The second-order valence-corrected chi connectivity index (χ2v) is 9.29. The van der Waals surface area contributed by atoms with E-state index >= 15 is 0 Å². The summed E-state index contributed by atoms with van der Waals surface area (Å²) in [6.07, 6.45) is -3.06. The average Bonchev–Trinajstić information content (AvgIpc) is 2.93. The Balaban J connectivity index is 1.76. The summed E-state index contributed by atoms with van der Waals surface area (Å²) in [5.74, 6) is -0.305. The van der Waals surface area contributed by atoms with Crippen molar-refractivity contribution in [1.29, 1.82) is 0 Å². The number of nitrogens with one attached hydrogen (secondary N) is 1. The van der Waals surface area contributed by atoms with Gasteiger partial charge in [0.05, 0.1) is 64.1 Å². The number of rotatable bonds is 9. The summed E-state index contributed by atoms with van der Waals surface area (Å²) in [5, 5.41) is 4.08. The van der Waals surface area contributed by atoms with Gasteiger partial charge in [-0.3, -0.25) is 9.98 Å². The number of methoxy groups -OCH3 is 2. The first-order valence-electron chi connectivity index (χ1n) is 12.8. The van der Waals surface area contributed by atoms with Gasteiger partial charge in [0, 0.05) is 26.1 Å². The van der Waals surface area contributed by atoms with Gasteiger partial charge in [0.1, 0.15) is 5.75 Å². The maximum atomic E-state index is 12.8. The van der Waals surface area contributed by atoms with E-state index in [2.05, 4.69) is 15.0 Å². The molecular weight excluding hydrogens is 535 g/mol. The molecular formula is C30H28F3N5O3. The first-order chi connectivity index (χ1) is 19.8. The van der Waals surface area contributed by atoms with Crippen molar-refractivity contribution in [3.8, 4) is 22.8 Å².